The Morgan fingerprint density at radius 2 is 2.08 bits per heavy atom. The number of hydrogen-bond acceptors (Lipinski definition) is 7. The molecule has 1 fully saturated rings. The van der Waals surface area contributed by atoms with Gasteiger partial charge in [0.1, 0.15) is 5.82 Å². The van der Waals surface area contributed by atoms with Crippen LogP contribution in [0.3, 0.4) is 0 Å². The fourth-order valence-electron chi connectivity index (χ4n) is 2.67. The van der Waals surface area contributed by atoms with Gasteiger partial charge in [0.15, 0.2) is 0 Å². The van der Waals surface area contributed by atoms with E-state index in [1.165, 1.54) is 0 Å². The molecule has 0 radical (unpaired) electrons. The molecular formula is C18H41N5O3. The largest absolute Gasteiger partial charge is 0.412 e. The van der Waals surface area contributed by atoms with E-state index in [9.17, 15) is 0 Å². The van der Waals surface area contributed by atoms with Crippen LogP contribution in [0.1, 0.15) is 41.5 Å². The van der Waals surface area contributed by atoms with Crippen LogP contribution in [0.2, 0.25) is 0 Å². The Hall–Kier alpha value is -1.35. The van der Waals surface area contributed by atoms with Crippen molar-refractivity contribution < 1.29 is 16.4 Å². The summed E-state index contributed by atoms with van der Waals surface area (Å²) in [7, 11) is 2.05. The number of ether oxygens (including phenoxy) is 2. The summed E-state index contributed by atoms with van der Waals surface area (Å²) in [5, 5.41) is 3.28. The average molecular weight is 376 g/mol. The Morgan fingerprint density at radius 3 is 2.73 bits per heavy atom. The highest BCUT2D eigenvalue weighted by Crippen LogP contribution is 2.10. The second-order valence-corrected chi connectivity index (χ2v) is 6.03. The summed E-state index contributed by atoms with van der Waals surface area (Å²) in [5.74, 6) is 0.906. The van der Waals surface area contributed by atoms with Gasteiger partial charge in [-0.05, 0) is 12.8 Å². The number of nitrogens with one attached hydrogen (secondary N) is 1. The molecule has 0 bridgehead atoms. The lowest BCUT2D eigenvalue weighted by Crippen LogP contribution is -2.43. The molecule has 8 heteroatoms. The summed E-state index contributed by atoms with van der Waals surface area (Å²) >= 11 is 0. The molecule has 2 heterocycles. The smallest absolute Gasteiger partial charge is 0.226 e. The molecular weight excluding hydrogens is 334 g/mol. The molecule has 2 aliphatic rings. The molecule has 1 atom stereocenters. The number of unbranched alkanes of at least 4 members (excludes halogenated alkanes) is 1. The maximum absolute atomic E-state index is 6.06. The Labute approximate surface area is 160 Å². The van der Waals surface area contributed by atoms with Crippen molar-refractivity contribution in [1.29, 1.82) is 0 Å². The van der Waals surface area contributed by atoms with Crippen LogP contribution in [0.25, 0.3) is 0 Å². The minimum Gasteiger partial charge on any atom is -0.412 e. The van der Waals surface area contributed by atoms with E-state index in [0.29, 0.717) is 12.3 Å². The Kier molecular flexibility index (Phi) is 14.0. The first-order valence-electron chi connectivity index (χ1n) is 9.63. The predicted molar refractivity (Wildman–Crippen MR) is 109 cm³/mol. The standard InChI is InChI=1S/C16H31N5O2.C2H6.H2O.H2/c1-3-4-10-23-16-18-13-14(17)15(19-16)20(2)6-5-7-21-8-11-22-12-9-21;1-2;;/h13,16,19H,3-12,17H2,1-2H3;1-2H3;1H2;1H. The predicted octanol–water partition coefficient (Wildman–Crippen LogP) is 0.990. The highest BCUT2D eigenvalue weighted by Gasteiger charge is 2.18. The van der Waals surface area contributed by atoms with Crippen molar-refractivity contribution in [2.24, 2.45) is 10.7 Å². The average Bonchev–Trinajstić information content (AvgIpc) is 2.65. The monoisotopic (exact) mass is 375 g/mol. The quantitative estimate of drug-likeness (QED) is 0.582. The van der Waals surface area contributed by atoms with Crippen LogP contribution < -0.4 is 11.1 Å². The van der Waals surface area contributed by atoms with Crippen LogP contribution in [0.4, 0.5) is 0 Å². The van der Waals surface area contributed by atoms with Crippen LogP contribution in [-0.4, -0.2) is 80.9 Å². The maximum atomic E-state index is 6.06. The van der Waals surface area contributed by atoms with E-state index in [0.717, 1.165) is 64.5 Å². The minimum absolute atomic E-state index is 0. The summed E-state index contributed by atoms with van der Waals surface area (Å²) < 4.78 is 11.1. The van der Waals surface area contributed by atoms with Gasteiger partial charge in [-0.2, -0.15) is 0 Å². The van der Waals surface area contributed by atoms with E-state index in [2.05, 4.69) is 34.1 Å². The number of nitrogens with two attached hydrogens (primary N) is 1. The molecule has 0 saturated carbocycles. The van der Waals surface area contributed by atoms with Crippen molar-refractivity contribution in [2.75, 3.05) is 53.0 Å². The minimum atomic E-state index is -0.328. The molecule has 1 unspecified atom stereocenters. The number of aliphatic imine (C=N–C) groups is 1. The summed E-state index contributed by atoms with van der Waals surface area (Å²) in [4.78, 5) is 8.87. The van der Waals surface area contributed by atoms with E-state index >= 15 is 0 Å². The lowest BCUT2D eigenvalue weighted by molar-refractivity contribution is 0.0315. The fourth-order valence-corrected chi connectivity index (χ4v) is 2.67. The van der Waals surface area contributed by atoms with Gasteiger partial charge in [-0.3, -0.25) is 4.90 Å². The van der Waals surface area contributed by atoms with E-state index in [1.807, 2.05) is 13.8 Å². The molecule has 0 spiro atoms. The Balaban J connectivity index is 0. The zero-order chi connectivity index (χ0) is 18.5. The van der Waals surface area contributed by atoms with E-state index in [4.69, 9.17) is 15.2 Å². The van der Waals surface area contributed by atoms with Gasteiger partial charge in [-0.15, -0.1) is 0 Å². The lowest BCUT2D eigenvalue weighted by Gasteiger charge is -2.31. The molecule has 0 aliphatic carbocycles. The van der Waals surface area contributed by atoms with Gasteiger partial charge in [0, 0.05) is 34.7 Å². The number of morpholine rings is 1. The molecule has 2 rings (SSSR count). The van der Waals surface area contributed by atoms with Crippen molar-refractivity contribution in [2.45, 2.75) is 46.4 Å². The van der Waals surface area contributed by atoms with Gasteiger partial charge in [-0.1, -0.05) is 27.2 Å². The maximum Gasteiger partial charge on any atom is 0.226 e. The Morgan fingerprint density at radius 1 is 1.38 bits per heavy atom. The lowest BCUT2D eigenvalue weighted by atomic mass is 10.3. The number of nitrogens with zero attached hydrogens (tertiary/aromatic N) is 3. The topological polar surface area (TPSA) is 107 Å². The molecule has 26 heavy (non-hydrogen) atoms. The highest BCUT2D eigenvalue weighted by molar-refractivity contribution is 5.79. The zero-order valence-electron chi connectivity index (χ0n) is 17.0. The molecule has 1 saturated heterocycles. The molecule has 2 aliphatic heterocycles. The van der Waals surface area contributed by atoms with Gasteiger partial charge >= 0.3 is 0 Å². The first-order chi connectivity index (χ1) is 12.2. The highest BCUT2D eigenvalue weighted by atomic mass is 16.5. The third-order valence-corrected chi connectivity index (χ3v) is 4.11. The summed E-state index contributed by atoms with van der Waals surface area (Å²) in [6.07, 6.45) is 4.61. The summed E-state index contributed by atoms with van der Waals surface area (Å²) in [6, 6.07) is 0. The second-order valence-electron chi connectivity index (χ2n) is 6.03. The van der Waals surface area contributed by atoms with Crippen LogP contribution in [0, 0.1) is 0 Å². The molecule has 156 valence electrons. The van der Waals surface area contributed by atoms with Crippen molar-refractivity contribution >= 4 is 6.21 Å². The van der Waals surface area contributed by atoms with Crippen molar-refractivity contribution in [3.8, 4) is 0 Å². The van der Waals surface area contributed by atoms with Crippen LogP contribution in [0.5, 0.6) is 0 Å². The summed E-state index contributed by atoms with van der Waals surface area (Å²) in [5.41, 5.74) is 6.72. The van der Waals surface area contributed by atoms with Crippen LogP contribution in [0.15, 0.2) is 16.5 Å². The first kappa shape index (κ1) is 24.7. The molecule has 8 nitrogen and oxygen atoms in total. The van der Waals surface area contributed by atoms with Crippen molar-refractivity contribution in [3.05, 3.63) is 11.5 Å². The van der Waals surface area contributed by atoms with Crippen LogP contribution in [-0.2, 0) is 9.47 Å². The van der Waals surface area contributed by atoms with E-state index in [-0.39, 0.29) is 13.3 Å². The van der Waals surface area contributed by atoms with E-state index in [1.54, 1.807) is 6.21 Å². The fraction of sp³-hybridized carbons (Fsp3) is 0.833. The third-order valence-electron chi connectivity index (χ3n) is 4.11. The molecule has 0 amide bonds. The van der Waals surface area contributed by atoms with Crippen molar-refractivity contribution in [1.82, 2.24) is 15.1 Å². The molecule has 0 aromatic rings. The third kappa shape index (κ3) is 8.84. The number of hydrogen-bond donors (Lipinski definition) is 2. The SMILES string of the molecule is CC.CCCCOC1N=CC(N)=C(N(C)CCCN2CCOCC2)N1.O.[HH]. The van der Waals surface area contributed by atoms with E-state index < -0.39 is 0 Å². The van der Waals surface area contributed by atoms with Gasteiger partial charge in [0.25, 0.3) is 0 Å². The number of rotatable bonds is 9. The van der Waals surface area contributed by atoms with Crippen LogP contribution >= 0.6 is 0 Å². The van der Waals surface area contributed by atoms with Gasteiger partial charge < -0.3 is 30.9 Å². The van der Waals surface area contributed by atoms with Gasteiger partial charge in [0.2, 0.25) is 6.35 Å². The normalized spacial score (nSPS) is 19.9. The first-order valence-corrected chi connectivity index (χ1v) is 9.63. The zero-order valence-corrected chi connectivity index (χ0v) is 17.0. The summed E-state index contributed by atoms with van der Waals surface area (Å²) in [6.45, 7) is 12.7. The molecule has 5 N–H and O–H groups in total. The number of allylic oxidation sites excluding steroid dienone is 1. The van der Waals surface area contributed by atoms with Gasteiger partial charge in [-0.25, -0.2) is 4.99 Å². The van der Waals surface area contributed by atoms with Crippen molar-refractivity contribution in [3.63, 3.8) is 0 Å². The second kappa shape index (κ2) is 14.8. The van der Waals surface area contributed by atoms with Gasteiger partial charge in [0.05, 0.1) is 31.7 Å². The molecule has 0 aromatic heterocycles. The Bertz CT molecular complexity index is 418. The molecule has 0 aromatic carbocycles.